The van der Waals surface area contributed by atoms with E-state index in [1.165, 1.54) is 12.1 Å². The van der Waals surface area contributed by atoms with Crippen molar-refractivity contribution in [2.75, 3.05) is 18.1 Å². The summed E-state index contributed by atoms with van der Waals surface area (Å²) in [5, 5.41) is 9.67. The van der Waals surface area contributed by atoms with Gasteiger partial charge in [0.15, 0.2) is 45.1 Å². The Kier molecular flexibility index (Phi) is 6.85. The van der Waals surface area contributed by atoms with Crippen LogP contribution in [0.2, 0.25) is 0 Å². The van der Waals surface area contributed by atoms with Gasteiger partial charge in [-0.2, -0.15) is 0 Å². The predicted octanol–water partition coefficient (Wildman–Crippen LogP) is 4.42. The summed E-state index contributed by atoms with van der Waals surface area (Å²) in [4.78, 5) is 1.79. The summed E-state index contributed by atoms with van der Waals surface area (Å²) in [7, 11) is -4.21. The number of ether oxygens (including phenoxy) is 1. The zero-order chi connectivity index (χ0) is 23.8. The molecule has 1 aliphatic heterocycles. The molecule has 0 bridgehead atoms. The molecule has 0 saturated carbocycles. The quantitative estimate of drug-likeness (QED) is 0.477. The molecule has 0 aromatic heterocycles. The van der Waals surface area contributed by atoms with E-state index in [2.05, 4.69) is 6.58 Å². The van der Waals surface area contributed by atoms with Crippen LogP contribution in [0.1, 0.15) is 41.7 Å². The molecule has 1 N–H and O–H groups in total. The van der Waals surface area contributed by atoms with Crippen molar-refractivity contribution in [2.24, 2.45) is 0 Å². The Morgan fingerprint density at radius 3 is 2.28 bits per heavy atom. The van der Waals surface area contributed by atoms with Crippen LogP contribution in [0.15, 0.2) is 30.7 Å². The Morgan fingerprint density at radius 2 is 1.72 bits per heavy atom. The lowest BCUT2D eigenvalue weighted by atomic mass is 10.0. The van der Waals surface area contributed by atoms with Crippen LogP contribution in [0.3, 0.4) is 0 Å². The van der Waals surface area contributed by atoms with Crippen molar-refractivity contribution in [3.63, 3.8) is 0 Å². The molecule has 5 nitrogen and oxygen atoms in total. The smallest absolute Gasteiger partial charge is 0.187 e. The van der Waals surface area contributed by atoms with Crippen molar-refractivity contribution in [3.8, 4) is 0 Å². The number of anilines is 1. The maximum atomic E-state index is 14.1. The fourth-order valence-corrected chi connectivity index (χ4v) is 5.15. The lowest BCUT2D eigenvalue weighted by Gasteiger charge is -2.37. The van der Waals surface area contributed by atoms with E-state index in [4.69, 9.17) is 4.74 Å². The highest BCUT2D eigenvalue weighted by atomic mass is 32.2. The monoisotopic (exact) mass is 473 g/mol. The third-order valence-electron chi connectivity index (χ3n) is 5.25. The van der Waals surface area contributed by atoms with Crippen LogP contribution in [-0.4, -0.2) is 26.7 Å². The second-order valence-corrected chi connectivity index (χ2v) is 9.68. The van der Waals surface area contributed by atoms with Gasteiger partial charge in [0.2, 0.25) is 0 Å². The molecule has 0 saturated heterocycles. The number of fused-ring (bicyclic) bond motifs is 1. The highest BCUT2D eigenvalue weighted by Gasteiger charge is 2.30. The summed E-state index contributed by atoms with van der Waals surface area (Å²) >= 11 is 0. The van der Waals surface area contributed by atoms with Gasteiger partial charge in [-0.05, 0) is 37.6 Å². The van der Waals surface area contributed by atoms with Crippen molar-refractivity contribution in [3.05, 3.63) is 76.2 Å². The van der Waals surface area contributed by atoms with Crippen molar-refractivity contribution in [1.82, 2.24) is 0 Å². The van der Waals surface area contributed by atoms with Crippen LogP contribution in [0, 0.1) is 30.2 Å². The zero-order valence-corrected chi connectivity index (χ0v) is 18.4. The van der Waals surface area contributed by atoms with E-state index in [0.717, 1.165) is 13.3 Å². The fraction of sp³-hybridized carbons (Fsp3) is 0.364. The summed E-state index contributed by atoms with van der Waals surface area (Å²) in [6.07, 6.45) is 0.0196. The number of sulfone groups is 1. The Hall–Kier alpha value is -2.59. The summed E-state index contributed by atoms with van der Waals surface area (Å²) in [5.41, 5.74) is -0.535. The minimum atomic E-state index is -4.21. The topological polar surface area (TPSA) is 66.8 Å². The standard InChI is InChI=1S/C22H23F4NO4S/c1-4-7-27-13(3)31-18(9-28)15-8-14(5-6-17(15)27)10-32(29,30)11-16-21(25)19(23)12(2)20(24)22(16)26/h5-6,8,18,28H,3-4,7,9-11H2,1-2H3. The molecule has 32 heavy (non-hydrogen) atoms. The molecule has 0 radical (unpaired) electrons. The van der Waals surface area contributed by atoms with Crippen LogP contribution >= 0.6 is 0 Å². The highest BCUT2D eigenvalue weighted by Crippen LogP contribution is 2.38. The molecule has 1 atom stereocenters. The summed E-state index contributed by atoms with van der Waals surface area (Å²) in [6.45, 7) is 6.87. The lowest BCUT2D eigenvalue weighted by Crippen LogP contribution is -2.32. The SMILES string of the molecule is C=C1OC(CO)c2cc(CS(=O)(=O)Cc3c(F)c(F)c(C)c(F)c3F)ccc2N1CCC. The van der Waals surface area contributed by atoms with Gasteiger partial charge in [-0.15, -0.1) is 0 Å². The number of aliphatic hydroxyl groups excluding tert-OH is 1. The lowest BCUT2D eigenvalue weighted by molar-refractivity contribution is 0.0488. The van der Waals surface area contributed by atoms with Gasteiger partial charge < -0.3 is 14.7 Å². The number of rotatable bonds is 7. The van der Waals surface area contributed by atoms with Crippen molar-refractivity contribution in [1.29, 1.82) is 0 Å². The molecular formula is C22H23F4NO4S. The van der Waals surface area contributed by atoms with Crippen molar-refractivity contribution >= 4 is 15.5 Å². The molecule has 1 heterocycles. The Labute approximate surface area is 183 Å². The van der Waals surface area contributed by atoms with Gasteiger partial charge in [0, 0.05) is 23.2 Å². The summed E-state index contributed by atoms with van der Waals surface area (Å²) in [6, 6.07) is 4.69. The van der Waals surface area contributed by atoms with Crippen molar-refractivity contribution in [2.45, 2.75) is 37.9 Å². The molecular weight excluding hydrogens is 450 g/mol. The van der Waals surface area contributed by atoms with E-state index in [9.17, 15) is 31.1 Å². The largest absolute Gasteiger partial charge is 0.469 e. The zero-order valence-electron chi connectivity index (χ0n) is 17.6. The van der Waals surface area contributed by atoms with E-state index in [1.54, 1.807) is 11.0 Å². The molecule has 1 unspecified atom stereocenters. The van der Waals surface area contributed by atoms with Crippen LogP contribution in [0.5, 0.6) is 0 Å². The van der Waals surface area contributed by atoms with E-state index in [1.807, 2.05) is 6.92 Å². The minimum absolute atomic E-state index is 0.267. The fourth-order valence-electron chi connectivity index (χ4n) is 3.67. The minimum Gasteiger partial charge on any atom is -0.469 e. The average Bonchev–Trinajstić information content (AvgIpc) is 2.75. The first kappa shape index (κ1) is 24.1. The van der Waals surface area contributed by atoms with Crippen LogP contribution in [0.4, 0.5) is 23.2 Å². The van der Waals surface area contributed by atoms with Gasteiger partial charge in [-0.25, -0.2) is 26.0 Å². The Balaban J connectivity index is 1.94. The number of benzene rings is 2. The third kappa shape index (κ3) is 4.47. The van der Waals surface area contributed by atoms with Crippen LogP contribution < -0.4 is 4.90 Å². The molecule has 0 amide bonds. The number of aliphatic hydroxyl groups is 1. The first-order chi connectivity index (χ1) is 15.0. The second kappa shape index (κ2) is 9.11. The maximum Gasteiger partial charge on any atom is 0.187 e. The van der Waals surface area contributed by atoms with E-state index in [-0.39, 0.29) is 12.2 Å². The summed E-state index contributed by atoms with van der Waals surface area (Å²) in [5.74, 6) is -8.19. The van der Waals surface area contributed by atoms with E-state index < -0.39 is 61.8 Å². The molecule has 1 aliphatic rings. The Bertz CT molecular complexity index is 1140. The maximum absolute atomic E-state index is 14.1. The van der Waals surface area contributed by atoms with Gasteiger partial charge >= 0.3 is 0 Å². The molecule has 174 valence electrons. The average molecular weight is 473 g/mol. The van der Waals surface area contributed by atoms with Gasteiger partial charge in [-0.1, -0.05) is 13.0 Å². The molecule has 0 aliphatic carbocycles. The first-order valence-electron chi connectivity index (χ1n) is 9.89. The highest BCUT2D eigenvalue weighted by molar-refractivity contribution is 7.89. The van der Waals surface area contributed by atoms with Gasteiger partial charge in [-0.3, -0.25) is 0 Å². The molecule has 0 spiro atoms. The normalized spacial score (nSPS) is 16.2. The van der Waals surface area contributed by atoms with Gasteiger partial charge in [0.1, 0.15) is 0 Å². The first-order valence-corrected chi connectivity index (χ1v) is 11.7. The Morgan fingerprint density at radius 1 is 1.09 bits per heavy atom. The number of nitrogens with zero attached hydrogens (tertiary/aromatic N) is 1. The molecule has 2 aromatic carbocycles. The third-order valence-corrected chi connectivity index (χ3v) is 6.75. The van der Waals surface area contributed by atoms with E-state index in [0.29, 0.717) is 23.7 Å². The van der Waals surface area contributed by atoms with Gasteiger partial charge in [0.25, 0.3) is 0 Å². The van der Waals surface area contributed by atoms with Gasteiger partial charge in [0.05, 0.1) is 23.8 Å². The van der Waals surface area contributed by atoms with E-state index >= 15 is 0 Å². The molecule has 10 heteroatoms. The molecule has 2 aromatic rings. The molecule has 0 fully saturated rings. The second-order valence-electron chi connectivity index (χ2n) is 7.62. The van der Waals surface area contributed by atoms with Crippen LogP contribution in [0.25, 0.3) is 0 Å². The summed E-state index contributed by atoms with van der Waals surface area (Å²) < 4.78 is 86.8. The predicted molar refractivity (Wildman–Crippen MR) is 111 cm³/mol. The van der Waals surface area contributed by atoms with Crippen molar-refractivity contribution < 1.29 is 35.8 Å². The number of hydrogen-bond donors (Lipinski definition) is 1. The molecule has 3 rings (SSSR count). The van der Waals surface area contributed by atoms with Crippen LogP contribution in [-0.2, 0) is 26.1 Å². The number of hydrogen-bond acceptors (Lipinski definition) is 5. The number of halogens is 4.